The van der Waals surface area contributed by atoms with Crippen LogP contribution in [0.5, 0.6) is 0 Å². The second-order valence-electron chi connectivity index (χ2n) is 3.66. The van der Waals surface area contributed by atoms with Crippen molar-refractivity contribution in [2.75, 3.05) is 31.1 Å². The Labute approximate surface area is 98.1 Å². The molecule has 4 nitrogen and oxygen atoms in total. The highest BCUT2D eigenvalue weighted by molar-refractivity contribution is 5.45. The van der Waals surface area contributed by atoms with E-state index in [4.69, 9.17) is 0 Å². The average Bonchev–Trinajstić information content (AvgIpc) is 2.36. The van der Waals surface area contributed by atoms with Crippen molar-refractivity contribution in [3.63, 3.8) is 0 Å². The van der Waals surface area contributed by atoms with Crippen molar-refractivity contribution in [2.45, 2.75) is 27.7 Å². The van der Waals surface area contributed by atoms with Crippen LogP contribution >= 0.6 is 0 Å². The van der Waals surface area contributed by atoms with Crippen molar-refractivity contribution in [2.24, 2.45) is 0 Å². The van der Waals surface area contributed by atoms with Gasteiger partial charge in [-0.05, 0) is 13.8 Å². The minimum Gasteiger partial charge on any atom is -0.354 e. The first-order chi connectivity index (χ1) is 7.77. The van der Waals surface area contributed by atoms with E-state index in [1.807, 2.05) is 27.0 Å². The molecule has 0 bridgehead atoms. The van der Waals surface area contributed by atoms with Gasteiger partial charge in [-0.3, -0.25) is 0 Å². The smallest absolute Gasteiger partial charge is 0.135 e. The highest BCUT2D eigenvalue weighted by atomic mass is 15.2. The summed E-state index contributed by atoms with van der Waals surface area (Å²) < 4.78 is 0. The van der Waals surface area contributed by atoms with Crippen LogP contribution < -0.4 is 10.2 Å². The Morgan fingerprint density at radius 2 is 1.81 bits per heavy atom. The van der Waals surface area contributed by atoms with Crippen LogP contribution in [0.4, 0.5) is 5.82 Å². The molecule has 0 radical (unpaired) electrons. The number of nitrogens with one attached hydrogen (secondary N) is 1. The lowest BCUT2D eigenvalue weighted by atomic mass is 10.3. The molecule has 16 heavy (non-hydrogen) atoms. The third kappa shape index (κ3) is 3.17. The summed E-state index contributed by atoms with van der Waals surface area (Å²) >= 11 is 0. The van der Waals surface area contributed by atoms with E-state index >= 15 is 0 Å². The van der Waals surface area contributed by atoms with Crippen LogP contribution in [0.15, 0.2) is 6.20 Å². The molecule has 90 valence electrons. The maximum absolute atomic E-state index is 4.48. The molecular formula is C12H22N4. The van der Waals surface area contributed by atoms with Gasteiger partial charge in [0.25, 0.3) is 0 Å². The Hall–Kier alpha value is -1.16. The Bertz CT molecular complexity index is 319. The lowest BCUT2D eigenvalue weighted by molar-refractivity contribution is 0.583. The van der Waals surface area contributed by atoms with Crippen LogP contribution in [0.25, 0.3) is 0 Å². The van der Waals surface area contributed by atoms with E-state index in [-0.39, 0.29) is 0 Å². The van der Waals surface area contributed by atoms with Crippen molar-refractivity contribution >= 4 is 5.82 Å². The van der Waals surface area contributed by atoms with Crippen LogP contribution in [0, 0.1) is 13.8 Å². The van der Waals surface area contributed by atoms with Crippen LogP contribution in [0.2, 0.25) is 0 Å². The quantitative estimate of drug-likeness (QED) is 0.782. The Morgan fingerprint density at radius 1 is 1.19 bits per heavy atom. The number of hydrogen-bond acceptors (Lipinski definition) is 4. The Morgan fingerprint density at radius 3 is 2.44 bits per heavy atom. The molecule has 4 heteroatoms. The average molecular weight is 222 g/mol. The zero-order valence-corrected chi connectivity index (χ0v) is 10.7. The predicted molar refractivity (Wildman–Crippen MR) is 67.9 cm³/mol. The van der Waals surface area contributed by atoms with Gasteiger partial charge >= 0.3 is 0 Å². The molecule has 0 atom stereocenters. The molecule has 1 fully saturated rings. The summed E-state index contributed by atoms with van der Waals surface area (Å²) in [4.78, 5) is 11.0. The molecule has 1 aromatic heterocycles. The van der Waals surface area contributed by atoms with Gasteiger partial charge in [0, 0.05) is 37.9 Å². The zero-order valence-electron chi connectivity index (χ0n) is 10.7. The monoisotopic (exact) mass is 222 g/mol. The van der Waals surface area contributed by atoms with Crippen LogP contribution in [-0.2, 0) is 0 Å². The summed E-state index contributed by atoms with van der Waals surface area (Å²) in [5, 5.41) is 3.33. The van der Waals surface area contributed by atoms with Gasteiger partial charge in [0.05, 0.1) is 0 Å². The van der Waals surface area contributed by atoms with Crippen LogP contribution in [0.3, 0.4) is 0 Å². The molecule has 0 aromatic carbocycles. The third-order valence-corrected chi connectivity index (χ3v) is 2.48. The van der Waals surface area contributed by atoms with Crippen LogP contribution in [0.1, 0.15) is 25.2 Å². The summed E-state index contributed by atoms with van der Waals surface area (Å²) in [6.45, 7) is 12.2. The standard InChI is InChI=1S/C10H16N4.C2H6/c1-8-7-12-9(2)13-10(8)14-5-3-11-4-6-14;1-2/h7,11H,3-6H2,1-2H3;1-2H3. The molecule has 0 aliphatic carbocycles. The predicted octanol–water partition coefficient (Wildman–Crippen LogP) is 1.53. The normalized spacial score (nSPS) is 15.4. The molecule has 1 aromatic rings. The zero-order chi connectivity index (χ0) is 12.0. The molecule has 2 heterocycles. The largest absolute Gasteiger partial charge is 0.354 e. The maximum atomic E-state index is 4.48. The molecule has 0 spiro atoms. The molecule has 2 rings (SSSR count). The first-order valence-electron chi connectivity index (χ1n) is 6.03. The molecule has 0 saturated carbocycles. The summed E-state index contributed by atoms with van der Waals surface area (Å²) in [7, 11) is 0. The SMILES string of the molecule is CC.Cc1ncc(C)c(N2CCNCC2)n1. The molecule has 1 saturated heterocycles. The number of rotatable bonds is 1. The highest BCUT2D eigenvalue weighted by Gasteiger charge is 2.13. The fourth-order valence-electron chi connectivity index (χ4n) is 1.72. The summed E-state index contributed by atoms with van der Waals surface area (Å²) in [5.74, 6) is 1.95. The van der Waals surface area contributed by atoms with Gasteiger partial charge in [0.2, 0.25) is 0 Å². The fourth-order valence-corrected chi connectivity index (χ4v) is 1.72. The van der Waals surface area contributed by atoms with Gasteiger partial charge in [0.1, 0.15) is 11.6 Å². The molecule has 1 N–H and O–H groups in total. The lowest BCUT2D eigenvalue weighted by Crippen LogP contribution is -2.44. The minimum absolute atomic E-state index is 0.851. The van der Waals surface area contributed by atoms with Crippen molar-refractivity contribution in [1.29, 1.82) is 0 Å². The molecule has 1 aliphatic rings. The fraction of sp³-hybridized carbons (Fsp3) is 0.667. The Balaban J connectivity index is 0.000000606. The van der Waals surface area contributed by atoms with E-state index in [2.05, 4.69) is 27.1 Å². The second kappa shape index (κ2) is 6.43. The van der Waals surface area contributed by atoms with Gasteiger partial charge in [-0.1, -0.05) is 13.8 Å². The van der Waals surface area contributed by atoms with E-state index in [0.717, 1.165) is 43.4 Å². The molecular weight excluding hydrogens is 200 g/mol. The number of hydrogen-bond donors (Lipinski definition) is 1. The van der Waals surface area contributed by atoms with Gasteiger partial charge < -0.3 is 10.2 Å². The van der Waals surface area contributed by atoms with Gasteiger partial charge in [-0.2, -0.15) is 0 Å². The Kier molecular flexibility index (Phi) is 5.19. The van der Waals surface area contributed by atoms with E-state index in [1.54, 1.807) is 0 Å². The van der Waals surface area contributed by atoms with Gasteiger partial charge in [-0.15, -0.1) is 0 Å². The number of anilines is 1. The number of aryl methyl sites for hydroxylation is 2. The topological polar surface area (TPSA) is 41.1 Å². The van der Waals surface area contributed by atoms with Crippen LogP contribution in [-0.4, -0.2) is 36.1 Å². The second-order valence-corrected chi connectivity index (χ2v) is 3.66. The summed E-state index contributed by atoms with van der Waals surface area (Å²) in [6.07, 6.45) is 1.90. The first-order valence-corrected chi connectivity index (χ1v) is 6.03. The summed E-state index contributed by atoms with van der Waals surface area (Å²) in [6, 6.07) is 0. The minimum atomic E-state index is 0.851. The molecule has 0 unspecified atom stereocenters. The van der Waals surface area contributed by atoms with E-state index in [0.29, 0.717) is 0 Å². The highest BCUT2D eigenvalue weighted by Crippen LogP contribution is 2.16. The van der Waals surface area contributed by atoms with E-state index < -0.39 is 0 Å². The van der Waals surface area contributed by atoms with Crippen molar-refractivity contribution in [1.82, 2.24) is 15.3 Å². The number of aromatic nitrogens is 2. The number of nitrogens with zero attached hydrogens (tertiary/aromatic N) is 3. The molecule has 1 aliphatic heterocycles. The summed E-state index contributed by atoms with van der Waals surface area (Å²) in [5.41, 5.74) is 1.16. The molecule has 0 amide bonds. The van der Waals surface area contributed by atoms with Gasteiger partial charge in [0.15, 0.2) is 0 Å². The van der Waals surface area contributed by atoms with Gasteiger partial charge in [-0.25, -0.2) is 9.97 Å². The van der Waals surface area contributed by atoms with E-state index in [1.165, 1.54) is 0 Å². The van der Waals surface area contributed by atoms with Crippen molar-refractivity contribution in [3.8, 4) is 0 Å². The number of piperazine rings is 1. The van der Waals surface area contributed by atoms with Crippen molar-refractivity contribution < 1.29 is 0 Å². The third-order valence-electron chi connectivity index (χ3n) is 2.48. The maximum Gasteiger partial charge on any atom is 0.135 e. The lowest BCUT2D eigenvalue weighted by Gasteiger charge is -2.29. The van der Waals surface area contributed by atoms with Crippen molar-refractivity contribution in [3.05, 3.63) is 17.6 Å². The first kappa shape index (κ1) is 12.9. The van der Waals surface area contributed by atoms with E-state index in [9.17, 15) is 0 Å².